The SMILES string of the molecule is COc1ccc(CO)c(F)c1Cl. The summed E-state index contributed by atoms with van der Waals surface area (Å²) < 4.78 is 17.8. The summed E-state index contributed by atoms with van der Waals surface area (Å²) in [5.41, 5.74) is 0.167. The van der Waals surface area contributed by atoms with E-state index in [9.17, 15) is 4.39 Å². The van der Waals surface area contributed by atoms with Crippen LogP contribution in [0, 0.1) is 5.82 Å². The van der Waals surface area contributed by atoms with Gasteiger partial charge in [0.15, 0.2) is 5.82 Å². The van der Waals surface area contributed by atoms with E-state index in [1.54, 1.807) is 0 Å². The maximum absolute atomic E-state index is 13.1. The highest BCUT2D eigenvalue weighted by Crippen LogP contribution is 2.28. The third-order valence-electron chi connectivity index (χ3n) is 1.52. The first-order valence-corrected chi connectivity index (χ1v) is 3.70. The van der Waals surface area contributed by atoms with Crippen LogP contribution >= 0.6 is 11.6 Å². The van der Waals surface area contributed by atoms with Crippen LogP contribution in [0.1, 0.15) is 5.56 Å². The number of aliphatic hydroxyl groups is 1. The fraction of sp³-hybridized carbons (Fsp3) is 0.250. The number of hydrogen-bond donors (Lipinski definition) is 1. The van der Waals surface area contributed by atoms with Gasteiger partial charge in [-0.1, -0.05) is 11.6 Å². The van der Waals surface area contributed by atoms with Crippen molar-refractivity contribution in [2.24, 2.45) is 0 Å². The number of aliphatic hydroxyl groups excluding tert-OH is 1. The standard InChI is InChI=1S/C8H8ClFO2/c1-12-6-3-2-5(4-11)8(10)7(6)9/h2-3,11H,4H2,1H3. The summed E-state index contributed by atoms with van der Waals surface area (Å²) in [7, 11) is 1.40. The van der Waals surface area contributed by atoms with Crippen LogP contribution in [0.25, 0.3) is 0 Å². The molecule has 0 aromatic heterocycles. The van der Waals surface area contributed by atoms with Crippen LogP contribution in [0.2, 0.25) is 5.02 Å². The van der Waals surface area contributed by atoms with Crippen molar-refractivity contribution in [2.75, 3.05) is 7.11 Å². The summed E-state index contributed by atoms with van der Waals surface area (Å²) in [4.78, 5) is 0. The quantitative estimate of drug-likeness (QED) is 0.773. The van der Waals surface area contributed by atoms with Crippen molar-refractivity contribution in [1.29, 1.82) is 0 Å². The Morgan fingerprint density at radius 3 is 2.75 bits per heavy atom. The molecule has 0 fully saturated rings. The molecule has 0 aliphatic carbocycles. The zero-order valence-corrected chi connectivity index (χ0v) is 7.23. The molecule has 66 valence electrons. The van der Waals surface area contributed by atoms with E-state index < -0.39 is 5.82 Å². The van der Waals surface area contributed by atoms with Crippen molar-refractivity contribution in [3.63, 3.8) is 0 Å². The molecular weight excluding hydrogens is 183 g/mol. The van der Waals surface area contributed by atoms with Crippen molar-refractivity contribution in [1.82, 2.24) is 0 Å². The molecule has 0 aliphatic rings. The molecule has 0 radical (unpaired) electrons. The van der Waals surface area contributed by atoms with Crippen LogP contribution in [0.15, 0.2) is 12.1 Å². The lowest BCUT2D eigenvalue weighted by atomic mass is 10.2. The third kappa shape index (κ3) is 1.52. The largest absolute Gasteiger partial charge is 0.495 e. The molecule has 1 aromatic rings. The zero-order chi connectivity index (χ0) is 9.14. The van der Waals surface area contributed by atoms with E-state index in [0.717, 1.165) is 0 Å². The van der Waals surface area contributed by atoms with Crippen molar-refractivity contribution in [2.45, 2.75) is 6.61 Å². The second kappa shape index (κ2) is 3.74. The monoisotopic (exact) mass is 190 g/mol. The molecule has 0 saturated carbocycles. The molecule has 0 atom stereocenters. The van der Waals surface area contributed by atoms with Gasteiger partial charge in [-0.3, -0.25) is 0 Å². The van der Waals surface area contributed by atoms with E-state index in [-0.39, 0.29) is 22.9 Å². The van der Waals surface area contributed by atoms with Gasteiger partial charge < -0.3 is 9.84 Å². The van der Waals surface area contributed by atoms with Crippen molar-refractivity contribution < 1.29 is 14.2 Å². The van der Waals surface area contributed by atoms with Gasteiger partial charge in [0.1, 0.15) is 10.8 Å². The summed E-state index contributed by atoms with van der Waals surface area (Å²) in [6.45, 7) is -0.366. The summed E-state index contributed by atoms with van der Waals surface area (Å²) >= 11 is 5.57. The topological polar surface area (TPSA) is 29.5 Å². The van der Waals surface area contributed by atoms with E-state index in [4.69, 9.17) is 21.4 Å². The maximum Gasteiger partial charge on any atom is 0.151 e. The van der Waals surface area contributed by atoms with Gasteiger partial charge in [-0.25, -0.2) is 4.39 Å². The van der Waals surface area contributed by atoms with E-state index in [2.05, 4.69) is 0 Å². The minimum absolute atomic E-state index is 0.0935. The van der Waals surface area contributed by atoms with Crippen LogP contribution < -0.4 is 4.74 Å². The van der Waals surface area contributed by atoms with Crippen LogP contribution in [0.5, 0.6) is 5.75 Å². The fourth-order valence-electron chi connectivity index (χ4n) is 0.851. The van der Waals surface area contributed by atoms with E-state index in [0.29, 0.717) is 0 Å². The highest BCUT2D eigenvalue weighted by Gasteiger charge is 2.10. The molecule has 12 heavy (non-hydrogen) atoms. The predicted octanol–water partition coefficient (Wildman–Crippen LogP) is 1.98. The molecule has 0 amide bonds. The van der Waals surface area contributed by atoms with Crippen molar-refractivity contribution >= 4 is 11.6 Å². The second-order valence-electron chi connectivity index (χ2n) is 2.21. The first kappa shape index (κ1) is 9.29. The van der Waals surface area contributed by atoms with Crippen LogP contribution in [0.4, 0.5) is 4.39 Å². The molecular formula is C8H8ClFO2. The van der Waals surface area contributed by atoms with Crippen LogP contribution in [-0.4, -0.2) is 12.2 Å². The van der Waals surface area contributed by atoms with Gasteiger partial charge in [-0.2, -0.15) is 0 Å². The number of methoxy groups -OCH3 is 1. The predicted molar refractivity (Wildman–Crippen MR) is 43.9 cm³/mol. The van der Waals surface area contributed by atoms with Gasteiger partial charge in [-0.05, 0) is 12.1 Å². The molecule has 0 bridgehead atoms. The van der Waals surface area contributed by atoms with Gasteiger partial charge in [0.2, 0.25) is 0 Å². The average molecular weight is 191 g/mol. The van der Waals surface area contributed by atoms with Crippen LogP contribution in [0.3, 0.4) is 0 Å². The average Bonchev–Trinajstić information content (AvgIpc) is 2.10. The zero-order valence-electron chi connectivity index (χ0n) is 6.47. The van der Waals surface area contributed by atoms with E-state index in [1.165, 1.54) is 19.2 Å². The minimum atomic E-state index is -0.626. The molecule has 4 heteroatoms. The lowest BCUT2D eigenvalue weighted by Crippen LogP contribution is -1.93. The number of rotatable bonds is 2. The minimum Gasteiger partial charge on any atom is -0.495 e. The Morgan fingerprint density at radius 1 is 1.58 bits per heavy atom. The normalized spacial score (nSPS) is 10.0. The van der Waals surface area contributed by atoms with Gasteiger partial charge in [0.25, 0.3) is 0 Å². The van der Waals surface area contributed by atoms with Gasteiger partial charge >= 0.3 is 0 Å². The maximum atomic E-state index is 13.1. The van der Waals surface area contributed by atoms with Gasteiger partial charge in [0, 0.05) is 5.56 Å². The van der Waals surface area contributed by atoms with Crippen molar-refractivity contribution in [3.05, 3.63) is 28.5 Å². The Kier molecular flexibility index (Phi) is 2.89. The van der Waals surface area contributed by atoms with Crippen LogP contribution in [-0.2, 0) is 6.61 Å². The van der Waals surface area contributed by atoms with Gasteiger partial charge in [-0.15, -0.1) is 0 Å². The number of ether oxygens (including phenoxy) is 1. The Bertz CT molecular complexity index is 260. The molecule has 0 aliphatic heterocycles. The lowest BCUT2D eigenvalue weighted by molar-refractivity contribution is 0.275. The fourth-order valence-corrected chi connectivity index (χ4v) is 1.11. The number of halogens is 2. The Labute approximate surface area is 74.5 Å². The lowest BCUT2D eigenvalue weighted by Gasteiger charge is -2.05. The summed E-state index contributed by atoms with van der Waals surface area (Å²) in [5.74, 6) is -0.357. The Morgan fingerprint density at radius 2 is 2.25 bits per heavy atom. The van der Waals surface area contributed by atoms with E-state index in [1.807, 2.05) is 0 Å². The number of benzene rings is 1. The molecule has 0 unspecified atom stereocenters. The molecule has 0 saturated heterocycles. The smallest absolute Gasteiger partial charge is 0.151 e. The first-order chi connectivity index (χ1) is 5.70. The summed E-state index contributed by atoms with van der Waals surface area (Å²) in [5, 5.41) is 8.57. The molecule has 1 N–H and O–H groups in total. The number of hydrogen-bond acceptors (Lipinski definition) is 2. The first-order valence-electron chi connectivity index (χ1n) is 3.32. The molecule has 0 heterocycles. The molecule has 1 rings (SSSR count). The third-order valence-corrected chi connectivity index (χ3v) is 1.87. The Balaban J connectivity index is 3.20. The Hall–Kier alpha value is -0.800. The summed E-state index contributed by atoms with van der Waals surface area (Å²) in [6, 6.07) is 2.94. The molecule has 1 aromatic carbocycles. The highest BCUT2D eigenvalue weighted by atomic mass is 35.5. The molecule has 0 spiro atoms. The van der Waals surface area contributed by atoms with E-state index >= 15 is 0 Å². The second-order valence-corrected chi connectivity index (χ2v) is 2.59. The molecule has 2 nitrogen and oxygen atoms in total. The van der Waals surface area contributed by atoms with Gasteiger partial charge in [0.05, 0.1) is 13.7 Å². The summed E-state index contributed by atoms with van der Waals surface area (Å²) in [6.07, 6.45) is 0. The highest BCUT2D eigenvalue weighted by molar-refractivity contribution is 6.32. The van der Waals surface area contributed by atoms with Crippen molar-refractivity contribution in [3.8, 4) is 5.75 Å².